The van der Waals surface area contributed by atoms with Gasteiger partial charge in [0.05, 0.1) is 12.8 Å². The van der Waals surface area contributed by atoms with Gasteiger partial charge >= 0.3 is 6.09 Å². The van der Waals surface area contributed by atoms with Crippen LogP contribution >= 0.6 is 0 Å². The van der Waals surface area contributed by atoms with Crippen LogP contribution in [-0.4, -0.2) is 34.9 Å². The van der Waals surface area contributed by atoms with E-state index in [0.29, 0.717) is 16.8 Å². The van der Waals surface area contributed by atoms with Crippen LogP contribution in [0.1, 0.15) is 41.6 Å². The van der Waals surface area contributed by atoms with Crippen LogP contribution in [0.25, 0.3) is 0 Å². The molecule has 0 aliphatic carbocycles. The Morgan fingerprint density at radius 2 is 1.76 bits per heavy atom. The third-order valence-corrected chi connectivity index (χ3v) is 5.29. The molecule has 0 radical (unpaired) electrons. The quantitative estimate of drug-likeness (QED) is 0.543. The largest absolute Gasteiger partial charge is 0.459 e. The summed E-state index contributed by atoms with van der Waals surface area (Å²) < 4.78 is 24.0. The zero-order valence-electron chi connectivity index (χ0n) is 18.7. The van der Waals surface area contributed by atoms with Crippen LogP contribution in [0.5, 0.6) is 0 Å². The van der Waals surface area contributed by atoms with Gasteiger partial charge < -0.3 is 19.8 Å². The Kier molecular flexibility index (Phi) is 6.62. The van der Waals surface area contributed by atoms with Gasteiger partial charge in [0.15, 0.2) is 17.9 Å². The molecule has 0 unspecified atom stereocenters. The number of furan rings is 1. The maximum absolute atomic E-state index is 13.3. The van der Waals surface area contributed by atoms with Gasteiger partial charge in [0.1, 0.15) is 5.82 Å². The first-order chi connectivity index (χ1) is 16.3. The van der Waals surface area contributed by atoms with Crippen LogP contribution in [0.2, 0.25) is 0 Å². The molecule has 0 bridgehead atoms. The van der Waals surface area contributed by atoms with Crippen molar-refractivity contribution in [1.82, 2.24) is 10.2 Å². The van der Waals surface area contributed by atoms with E-state index in [0.717, 1.165) is 0 Å². The fourth-order valence-electron chi connectivity index (χ4n) is 3.72. The highest BCUT2D eigenvalue weighted by atomic mass is 19.1. The number of nitrogens with one attached hydrogen (secondary N) is 2. The number of ether oxygens (including phenoxy) is 1. The topological polar surface area (TPSA) is 101 Å². The van der Waals surface area contributed by atoms with Crippen molar-refractivity contribution < 1.29 is 27.9 Å². The highest BCUT2D eigenvalue weighted by Gasteiger charge is 2.47. The molecule has 2 aromatic carbocycles. The minimum absolute atomic E-state index is 0.0864. The molecule has 2 atom stereocenters. The highest BCUT2D eigenvalue weighted by molar-refractivity contribution is 6.02. The van der Waals surface area contributed by atoms with Gasteiger partial charge in [0, 0.05) is 11.7 Å². The third-order valence-electron chi connectivity index (χ3n) is 5.29. The Balaban J connectivity index is 1.56. The lowest BCUT2D eigenvalue weighted by Gasteiger charge is -2.25. The zero-order valence-corrected chi connectivity index (χ0v) is 18.7. The minimum Gasteiger partial charge on any atom is -0.459 e. The summed E-state index contributed by atoms with van der Waals surface area (Å²) in [7, 11) is 0. The first-order valence-electron chi connectivity index (χ1n) is 10.8. The molecule has 3 aromatic rings. The Labute approximate surface area is 195 Å². The average molecular weight is 465 g/mol. The highest BCUT2D eigenvalue weighted by Crippen LogP contribution is 2.34. The number of nitrogens with zero attached hydrogens (tertiary/aromatic N) is 1. The minimum atomic E-state index is -0.927. The predicted octanol–water partition coefficient (Wildman–Crippen LogP) is 4.26. The molecule has 4 rings (SSSR count). The van der Waals surface area contributed by atoms with Crippen molar-refractivity contribution in [3.05, 3.63) is 89.6 Å². The van der Waals surface area contributed by atoms with E-state index in [1.54, 1.807) is 48.5 Å². The number of carbonyl (C=O) groups excluding carboxylic acids is 3. The van der Waals surface area contributed by atoms with Crippen LogP contribution in [0.15, 0.2) is 71.3 Å². The second-order valence-electron chi connectivity index (χ2n) is 8.22. The summed E-state index contributed by atoms with van der Waals surface area (Å²) in [6, 6.07) is 14.5. The van der Waals surface area contributed by atoms with Crippen LogP contribution in [-0.2, 0) is 16.1 Å². The second-order valence-corrected chi connectivity index (χ2v) is 8.22. The first-order valence-corrected chi connectivity index (χ1v) is 10.8. The third kappa shape index (κ3) is 5.09. The summed E-state index contributed by atoms with van der Waals surface area (Å²) >= 11 is 0. The lowest BCUT2D eigenvalue weighted by molar-refractivity contribution is -0.126. The molecule has 0 spiro atoms. The normalized spacial score (nSPS) is 17.5. The molecule has 8 nitrogen and oxygen atoms in total. The lowest BCUT2D eigenvalue weighted by Crippen LogP contribution is -2.48. The van der Waals surface area contributed by atoms with Crippen LogP contribution in [0, 0.1) is 5.82 Å². The standard InChI is InChI=1S/C25H24FN3O5/c1-15(2)27-24(31)21-22(34-25(32)29(21)14-16-5-9-18(26)10-6-16)17-7-11-19(12-8-17)28-23(30)20-4-3-13-33-20/h3-13,15,21-22H,14H2,1-2H3,(H,27,31)(H,28,30)/t21-,22+/m0/s1. The number of hydrogen-bond acceptors (Lipinski definition) is 5. The summed E-state index contributed by atoms with van der Waals surface area (Å²) in [5, 5.41) is 5.56. The van der Waals surface area contributed by atoms with Crippen LogP contribution < -0.4 is 10.6 Å². The fourth-order valence-corrected chi connectivity index (χ4v) is 3.72. The van der Waals surface area contributed by atoms with E-state index in [1.807, 2.05) is 13.8 Å². The summed E-state index contributed by atoms with van der Waals surface area (Å²) in [5.41, 5.74) is 1.77. The van der Waals surface area contributed by atoms with E-state index in [1.165, 1.54) is 23.3 Å². The maximum atomic E-state index is 13.3. The molecule has 1 aliphatic rings. The Hall–Kier alpha value is -4.14. The molecule has 2 heterocycles. The smallest absolute Gasteiger partial charge is 0.411 e. The maximum Gasteiger partial charge on any atom is 0.411 e. The number of amides is 3. The predicted molar refractivity (Wildman–Crippen MR) is 121 cm³/mol. The van der Waals surface area contributed by atoms with Crippen molar-refractivity contribution in [2.75, 3.05) is 5.32 Å². The van der Waals surface area contributed by atoms with Gasteiger partial charge in [-0.15, -0.1) is 0 Å². The number of rotatable bonds is 7. The SMILES string of the molecule is CC(C)NC(=O)[C@@H]1[C@@H](c2ccc(NC(=O)c3ccco3)cc2)OC(=O)N1Cc1ccc(F)cc1. The Morgan fingerprint density at radius 3 is 2.38 bits per heavy atom. The number of hydrogen-bond donors (Lipinski definition) is 2. The van der Waals surface area contributed by atoms with Crippen molar-refractivity contribution in [3.63, 3.8) is 0 Å². The van der Waals surface area contributed by atoms with Gasteiger partial charge in [-0.3, -0.25) is 14.5 Å². The van der Waals surface area contributed by atoms with E-state index in [9.17, 15) is 18.8 Å². The van der Waals surface area contributed by atoms with Gasteiger partial charge in [-0.1, -0.05) is 24.3 Å². The summed E-state index contributed by atoms with van der Waals surface area (Å²) in [6.07, 6.45) is -0.0955. The molecule has 1 aromatic heterocycles. The molecule has 1 aliphatic heterocycles. The number of halogens is 1. The van der Waals surface area contributed by atoms with E-state index in [2.05, 4.69) is 10.6 Å². The molecule has 3 amide bonds. The van der Waals surface area contributed by atoms with E-state index in [-0.39, 0.29) is 30.1 Å². The summed E-state index contributed by atoms with van der Waals surface area (Å²) in [6.45, 7) is 3.74. The second kappa shape index (κ2) is 9.78. The fraction of sp³-hybridized carbons (Fsp3) is 0.240. The molecule has 1 saturated heterocycles. The van der Waals surface area contributed by atoms with Crippen molar-refractivity contribution in [3.8, 4) is 0 Å². The molecule has 1 fully saturated rings. The molecule has 2 N–H and O–H groups in total. The van der Waals surface area contributed by atoms with E-state index >= 15 is 0 Å². The first kappa shape index (κ1) is 23.0. The van der Waals surface area contributed by atoms with Gasteiger partial charge in [0.2, 0.25) is 5.91 Å². The van der Waals surface area contributed by atoms with Crippen molar-refractivity contribution >= 4 is 23.6 Å². The number of anilines is 1. The van der Waals surface area contributed by atoms with Crippen LogP contribution in [0.3, 0.4) is 0 Å². The molecular weight excluding hydrogens is 441 g/mol. The average Bonchev–Trinajstić information content (AvgIpc) is 3.44. The number of carbonyl (C=O) groups is 3. The van der Waals surface area contributed by atoms with Crippen molar-refractivity contribution in [1.29, 1.82) is 0 Å². The van der Waals surface area contributed by atoms with E-state index < -0.39 is 24.1 Å². The number of cyclic esters (lactones) is 1. The number of benzene rings is 2. The summed E-state index contributed by atoms with van der Waals surface area (Å²) in [5.74, 6) is -0.970. The van der Waals surface area contributed by atoms with Gasteiger partial charge in [-0.2, -0.15) is 0 Å². The molecule has 0 saturated carbocycles. The zero-order chi connectivity index (χ0) is 24.2. The van der Waals surface area contributed by atoms with Gasteiger partial charge in [0.25, 0.3) is 5.91 Å². The van der Waals surface area contributed by atoms with Crippen LogP contribution in [0.4, 0.5) is 14.9 Å². The lowest BCUT2D eigenvalue weighted by atomic mass is 10.00. The molecule has 176 valence electrons. The van der Waals surface area contributed by atoms with Gasteiger partial charge in [-0.25, -0.2) is 9.18 Å². The molecule has 34 heavy (non-hydrogen) atoms. The Morgan fingerprint density at radius 1 is 1.06 bits per heavy atom. The molecular formula is C25H24FN3O5. The van der Waals surface area contributed by atoms with E-state index in [4.69, 9.17) is 9.15 Å². The van der Waals surface area contributed by atoms with Gasteiger partial charge in [-0.05, 0) is 61.4 Å². The Bertz CT molecular complexity index is 1160. The van der Waals surface area contributed by atoms with Crippen molar-refractivity contribution in [2.24, 2.45) is 0 Å². The molecule has 9 heteroatoms. The monoisotopic (exact) mass is 465 g/mol. The summed E-state index contributed by atoms with van der Waals surface area (Å²) in [4.78, 5) is 39.3. The van der Waals surface area contributed by atoms with Crippen molar-refractivity contribution in [2.45, 2.75) is 38.6 Å².